The van der Waals surface area contributed by atoms with Gasteiger partial charge in [0.15, 0.2) is 0 Å². The molecule has 2 aliphatic rings. The van der Waals surface area contributed by atoms with Crippen LogP contribution in [0.1, 0.15) is 88.4 Å². The minimum absolute atomic E-state index is 0.373. The fourth-order valence-corrected chi connectivity index (χ4v) is 15.8. The molecule has 12 heteroatoms. The van der Waals surface area contributed by atoms with E-state index in [4.69, 9.17) is 14.2 Å². The van der Waals surface area contributed by atoms with Crippen LogP contribution in [0, 0.1) is 0 Å². The summed E-state index contributed by atoms with van der Waals surface area (Å²) in [6.45, 7) is 6.67. The third-order valence-electron chi connectivity index (χ3n) is 6.54. The molecule has 0 atom stereocenters. The van der Waals surface area contributed by atoms with Gasteiger partial charge in [0.1, 0.15) is 11.3 Å². The first-order chi connectivity index (χ1) is 22.1. The van der Waals surface area contributed by atoms with Gasteiger partial charge >= 0.3 is 5.97 Å². The van der Waals surface area contributed by atoms with Crippen molar-refractivity contribution in [1.82, 2.24) is 0 Å². The Bertz CT molecular complexity index is 1110. The number of thioether (sulfide) groups is 8. The van der Waals surface area contributed by atoms with Crippen molar-refractivity contribution in [3.8, 4) is 5.75 Å². The van der Waals surface area contributed by atoms with Crippen molar-refractivity contribution in [3.63, 3.8) is 0 Å². The van der Waals surface area contributed by atoms with Crippen LogP contribution < -0.4 is 4.74 Å². The van der Waals surface area contributed by atoms with Crippen LogP contribution in [0.2, 0.25) is 0 Å². The predicted molar refractivity (Wildman–Crippen MR) is 214 cm³/mol. The fraction of sp³-hybridized carbons (Fsp3) is 0.606. The average molecular weight is 765 g/mol. The van der Waals surface area contributed by atoms with E-state index in [1.54, 1.807) is 20.6 Å². The van der Waals surface area contributed by atoms with Crippen molar-refractivity contribution in [1.29, 1.82) is 0 Å². The van der Waals surface area contributed by atoms with Gasteiger partial charge in [-0.3, -0.25) is 0 Å². The van der Waals surface area contributed by atoms with E-state index in [-0.39, 0.29) is 5.97 Å². The van der Waals surface area contributed by atoms with Crippen molar-refractivity contribution in [2.45, 2.75) is 78.1 Å². The van der Waals surface area contributed by atoms with Crippen molar-refractivity contribution in [2.75, 3.05) is 50.4 Å². The number of ether oxygens (including phenoxy) is 3. The van der Waals surface area contributed by atoms with E-state index >= 15 is 0 Å². The first-order valence-electron chi connectivity index (χ1n) is 15.9. The summed E-state index contributed by atoms with van der Waals surface area (Å²) < 4.78 is 25.5. The molecule has 0 bridgehead atoms. The molecular formula is C33H48O4S8. The van der Waals surface area contributed by atoms with E-state index in [1.165, 1.54) is 74.1 Å². The third kappa shape index (κ3) is 14.9. The van der Waals surface area contributed by atoms with Gasteiger partial charge in [0, 0.05) is 13.2 Å². The molecule has 0 N–H and O–H groups in total. The molecule has 2 heterocycles. The van der Waals surface area contributed by atoms with Crippen LogP contribution >= 0.6 is 94.1 Å². The number of benzene rings is 1. The molecule has 45 heavy (non-hydrogen) atoms. The second-order valence-electron chi connectivity index (χ2n) is 10.2. The molecule has 0 amide bonds. The summed E-state index contributed by atoms with van der Waals surface area (Å²) in [5, 5.41) is 0. The highest BCUT2D eigenvalue weighted by Gasteiger charge is 2.30. The molecule has 0 saturated heterocycles. The topological polar surface area (TPSA) is 44.8 Å². The van der Waals surface area contributed by atoms with E-state index < -0.39 is 0 Å². The van der Waals surface area contributed by atoms with E-state index in [0.717, 1.165) is 44.6 Å². The molecule has 0 fully saturated rings. The number of unbranched alkanes of at least 4 members (excludes halogenated alkanes) is 6. The normalized spacial score (nSPS) is 15.1. The Labute approximate surface area is 306 Å². The number of para-hydroxylation sites is 1. The van der Waals surface area contributed by atoms with Gasteiger partial charge in [0.05, 0.1) is 39.1 Å². The zero-order valence-corrected chi connectivity index (χ0v) is 33.6. The number of methoxy groups -OCH3 is 1. The maximum absolute atomic E-state index is 11.9. The van der Waals surface area contributed by atoms with E-state index in [0.29, 0.717) is 17.9 Å². The summed E-state index contributed by atoms with van der Waals surface area (Å²) in [5.74, 6) is 3.80. The van der Waals surface area contributed by atoms with Gasteiger partial charge in [-0.15, -0.1) is 47.0 Å². The Morgan fingerprint density at radius 2 is 1.16 bits per heavy atom. The van der Waals surface area contributed by atoms with Crippen molar-refractivity contribution in [3.05, 3.63) is 55.3 Å². The molecule has 2 aliphatic heterocycles. The zero-order valence-electron chi connectivity index (χ0n) is 27.0. The van der Waals surface area contributed by atoms with E-state index in [9.17, 15) is 4.79 Å². The van der Waals surface area contributed by atoms with Gasteiger partial charge in [0.25, 0.3) is 0 Å². The number of carbonyl (C=O) groups excluding carboxylic acids is 1. The lowest BCUT2D eigenvalue weighted by atomic mass is 10.2. The molecule has 0 aliphatic carbocycles. The highest BCUT2D eigenvalue weighted by Crippen LogP contribution is 2.66. The molecule has 0 aromatic heterocycles. The smallest absolute Gasteiger partial charge is 0.341 e. The fourth-order valence-electron chi connectivity index (χ4n) is 4.07. The lowest BCUT2D eigenvalue weighted by molar-refractivity contribution is 0.0595. The summed E-state index contributed by atoms with van der Waals surface area (Å²) in [4.78, 5) is 11.9. The molecule has 0 unspecified atom stereocenters. The Hall–Kier alpha value is 0.470. The molecule has 0 radical (unpaired) electrons. The number of hydrogen-bond acceptors (Lipinski definition) is 12. The number of esters is 1. The quantitative estimate of drug-likeness (QED) is 0.0744. The van der Waals surface area contributed by atoms with E-state index in [2.05, 4.69) is 43.6 Å². The standard InChI is InChI=1S/C33H48O4S8/c1-5-7-14-22-40-30-31(41-23-15-8-6-2)45-33(44-30)32-42-28(38-4)29(43-32)39-24-16-13-20-36-19-11-12-21-37-26-18-10-9-17-25(26)27(34)35-3/h9-10,17-18H,5-8,11-16,19-24H2,1-4H3. The lowest BCUT2D eigenvalue weighted by Gasteiger charge is -2.10. The van der Waals surface area contributed by atoms with E-state index in [1.807, 2.05) is 82.7 Å². The maximum atomic E-state index is 11.9. The maximum Gasteiger partial charge on any atom is 0.341 e. The third-order valence-corrected chi connectivity index (χ3v) is 18.2. The summed E-state index contributed by atoms with van der Waals surface area (Å²) in [6, 6.07) is 7.21. The van der Waals surface area contributed by atoms with Crippen molar-refractivity contribution in [2.24, 2.45) is 0 Å². The van der Waals surface area contributed by atoms with Crippen LogP contribution in [0.5, 0.6) is 5.75 Å². The molecule has 1 aromatic rings. The Morgan fingerprint density at radius 3 is 1.71 bits per heavy atom. The highest BCUT2D eigenvalue weighted by atomic mass is 32.3. The minimum Gasteiger partial charge on any atom is -0.493 e. The monoisotopic (exact) mass is 764 g/mol. The lowest BCUT2D eigenvalue weighted by Crippen LogP contribution is -2.07. The van der Waals surface area contributed by atoms with Gasteiger partial charge in [-0.25, -0.2) is 4.79 Å². The largest absolute Gasteiger partial charge is 0.493 e. The molecular weight excluding hydrogens is 717 g/mol. The van der Waals surface area contributed by atoms with Gasteiger partial charge in [-0.1, -0.05) is 98.7 Å². The average Bonchev–Trinajstić information content (AvgIpc) is 3.67. The molecule has 4 nitrogen and oxygen atoms in total. The number of hydrogen-bond donors (Lipinski definition) is 0. The van der Waals surface area contributed by atoms with Crippen molar-refractivity contribution >= 4 is 100 Å². The van der Waals surface area contributed by atoms with Gasteiger partial charge in [0.2, 0.25) is 0 Å². The molecule has 3 rings (SSSR count). The van der Waals surface area contributed by atoms with Crippen LogP contribution in [0.15, 0.2) is 49.7 Å². The van der Waals surface area contributed by atoms with Crippen LogP contribution in [0.4, 0.5) is 0 Å². The van der Waals surface area contributed by atoms with Crippen LogP contribution in [0.3, 0.4) is 0 Å². The molecule has 1 aromatic carbocycles. The van der Waals surface area contributed by atoms with Gasteiger partial charge < -0.3 is 14.2 Å². The summed E-state index contributed by atoms with van der Waals surface area (Å²) in [5.41, 5.74) is 0.466. The Balaban J connectivity index is 1.32. The second-order valence-corrected chi connectivity index (χ2v) is 19.9. The van der Waals surface area contributed by atoms with Crippen LogP contribution in [0.25, 0.3) is 0 Å². The molecule has 0 saturated carbocycles. The van der Waals surface area contributed by atoms with Gasteiger partial charge in [-0.05, 0) is 74.2 Å². The Morgan fingerprint density at radius 1 is 0.667 bits per heavy atom. The molecule has 252 valence electrons. The Kier molecular flexibility index (Phi) is 21.8. The predicted octanol–water partition coefficient (Wildman–Crippen LogP) is 12.7. The highest BCUT2D eigenvalue weighted by molar-refractivity contribution is 8.45. The summed E-state index contributed by atoms with van der Waals surface area (Å²) in [7, 11) is 1.39. The SMILES string of the molecule is CCCCCSC1=C(SCCCCC)SC(=C2SC(SC)=C(SCCCCOCCCCOc3ccccc3C(=O)OC)S2)S1. The minimum atomic E-state index is -0.373. The zero-order chi connectivity index (χ0) is 32.1. The first-order valence-corrected chi connectivity index (χ1v) is 23.3. The number of carbonyl (C=O) groups is 1. The van der Waals surface area contributed by atoms with Gasteiger partial charge in [-0.2, -0.15) is 0 Å². The summed E-state index contributed by atoms with van der Waals surface area (Å²) >= 11 is 16.1. The van der Waals surface area contributed by atoms with Crippen LogP contribution in [-0.2, 0) is 9.47 Å². The summed E-state index contributed by atoms with van der Waals surface area (Å²) in [6.07, 6.45) is 14.1. The van der Waals surface area contributed by atoms with Crippen molar-refractivity contribution < 1.29 is 19.0 Å². The first kappa shape index (κ1) is 39.9. The van der Waals surface area contributed by atoms with Crippen LogP contribution in [-0.4, -0.2) is 56.4 Å². The molecule has 0 spiro atoms. The number of rotatable bonds is 24. The second kappa shape index (κ2) is 24.6.